The van der Waals surface area contributed by atoms with E-state index < -0.39 is 10.0 Å². The average Bonchev–Trinajstić information content (AvgIpc) is 2.78. The first kappa shape index (κ1) is 25.6. The standard InChI is InChI=1S/C23H32N4O2S.HI/c1-3-25-23(26-18-21-9-11-22(12-10-21)30(28,29)24-2)27-15-13-20(14-16-27)17-19-7-5-4-6-8-19;/h4-12,20,24H,3,13-18H2,1-2H3,(H,25,26);1H. The topological polar surface area (TPSA) is 73.8 Å². The molecule has 31 heavy (non-hydrogen) atoms. The number of sulfonamides is 1. The zero-order valence-corrected chi connectivity index (χ0v) is 21.4. The fourth-order valence-electron chi connectivity index (χ4n) is 3.78. The Morgan fingerprint density at radius 2 is 1.68 bits per heavy atom. The number of hydrogen-bond acceptors (Lipinski definition) is 3. The van der Waals surface area contributed by atoms with E-state index in [0.29, 0.717) is 12.5 Å². The molecule has 0 aromatic heterocycles. The highest BCUT2D eigenvalue weighted by Gasteiger charge is 2.21. The van der Waals surface area contributed by atoms with Crippen LogP contribution in [0.15, 0.2) is 64.5 Å². The molecule has 2 aromatic carbocycles. The van der Waals surface area contributed by atoms with E-state index in [1.807, 2.05) is 12.1 Å². The van der Waals surface area contributed by atoms with Crippen molar-refractivity contribution in [1.82, 2.24) is 14.9 Å². The summed E-state index contributed by atoms with van der Waals surface area (Å²) in [6.07, 6.45) is 3.47. The molecular weight excluding hydrogens is 523 g/mol. The molecule has 0 spiro atoms. The number of likely N-dealkylation sites (tertiary alicyclic amines) is 1. The van der Waals surface area contributed by atoms with Crippen molar-refractivity contribution in [2.45, 2.75) is 37.6 Å². The lowest BCUT2D eigenvalue weighted by molar-refractivity contribution is 0.259. The Labute approximate surface area is 203 Å². The molecule has 6 nitrogen and oxygen atoms in total. The quantitative estimate of drug-likeness (QED) is 0.311. The van der Waals surface area contributed by atoms with Crippen LogP contribution >= 0.6 is 24.0 Å². The lowest BCUT2D eigenvalue weighted by atomic mass is 9.90. The molecule has 0 aliphatic carbocycles. The summed E-state index contributed by atoms with van der Waals surface area (Å²) in [6, 6.07) is 17.6. The first-order valence-electron chi connectivity index (χ1n) is 10.6. The van der Waals surface area contributed by atoms with E-state index in [9.17, 15) is 8.42 Å². The zero-order valence-electron chi connectivity index (χ0n) is 18.3. The summed E-state index contributed by atoms with van der Waals surface area (Å²) < 4.78 is 26.0. The van der Waals surface area contributed by atoms with Crippen LogP contribution in [-0.4, -0.2) is 46.0 Å². The lowest BCUT2D eigenvalue weighted by Crippen LogP contribution is -2.45. The average molecular weight is 557 g/mol. The van der Waals surface area contributed by atoms with E-state index in [2.05, 4.69) is 52.2 Å². The first-order valence-corrected chi connectivity index (χ1v) is 12.1. The van der Waals surface area contributed by atoms with Crippen LogP contribution in [0.25, 0.3) is 0 Å². The van der Waals surface area contributed by atoms with Crippen molar-refractivity contribution in [3.05, 3.63) is 65.7 Å². The number of hydrogen-bond donors (Lipinski definition) is 2. The van der Waals surface area contributed by atoms with Gasteiger partial charge in [0.1, 0.15) is 0 Å². The summed E-state index contributed by atoms with van der Waals surface area (Å²) in [7, 11) is -1.99. The number of nitrogens with one attached hydrogen (secondary N) is 2. The van der Waals surface area contributed by atoms with Crippen molar-refractivity contribution in [3.8, 4) is 0 Å². The highest BCUT2D eigenvalue weighted by Crippen LogP contribution is 2.22. The largest absolute Gasteiger partial charge is 0.357 e. The first-order chi connectivity index (χ1) is 14.5. The van der Waals surface area contributed by atoms with Gasteiger partial charge in [-0.2, -0.15) is 0 Å². The summed E-state index contributed by atoms with van der Waals surface area (Å²) in [5, 5.41) is 3.40. The van der Waals surface area contributed by atoms with E-state index in [4.69, 9.17) is 4.99 Å². The number of aliphatic imine (C=N–C) groups is 1. The minimum Gasteiger partial charge on any atom is -0.357 e. The SMILES string of the molecule is CCNC(=NCc1ccc(S(=O)(=O)NC)cc1)N1CCC(Cc2ccccc2)CC1.I. The molecule has 0 atom stereocenters. The predicted molar refractivity (Wildman–Crippen MR) is 137 cm³/mol. The van der Waals surface area contributed by atoms with Crippen molar-refractivity contribution in [2.75, 3.05) is 26.7 Å². The van der Waals surface area contributed by atoms with Crippen LogP contribution in [0.3, 0.4) is 0 Å². The van der Waals surface area contributed by atoms with Crippen LogP contribution in [0.5, 0.6) is 0 Å². The van der Waals surface area contributed by atoms with Crippen molar-refractivity contribution in [3.63, 3.8) is 0 Å². The lowest BCUT2D eigenvalue weighted by Gasteiger charge is -2.34. The molecule has 1 heterocycles. The zero-order chi connectivity index (χ0) is 21.4. The van der Waals surface area contributed by atoms with Gasteiger partial charge in [0, 0.05) is 19.6 Å². The van der Waals surface area contributed by atoms with Gasteiger partial charge in [0.05, 0.1) is 11.4 Å². The fourth-order valence-corrected chi connectivity index (χ4v) is 4.51. The minimum atomic E-state index is -3.41. The maximum Gasteiger partial charge on any atom is 0.240 e. The Morgan fingerprint density at radius 3 is 2.26 bits per heavy atom. The van der Waals surface area contributed by atoms with Crippen molar-refractivity contribution in [2.24, 2.45) is 10.9 Å². The number of halogens is 1. The maximum atomic E-state index is 11.9. The van der Waals surface area contributed by atoms with Crippen LogP contribution in [0.2, 0.25) is 0 Å². The van der Waals surface area contributed by atoms with Crippen LogP contribution in [0.4, 0.5) is 0 Å². The Morgan fingerprint density at radius 1 is 1.03 bits per heavy atom. The number of guanidine groups is 1. The molecule has 1 saturated heterocycles. The molecule has 0 unspecified atom stereocenters. The number of nitrogens with zero attached hydrogens (tertiary/aromatic N) is 2. The number of benzene rings is 2. The van der Waals surface area contributed by atoms with Crippen LogP contribution in [0.1, 0.15) is 30.9 Å². The molecule has 1 fully saturated rings. The van der Waals surface area contributed by atoms with Crippen molar-refractivity contribution in [1.29, 1.82) is 0 Å². The van der Waals surface area contributed by atoms with Gasteiger partial charge in [-0.25, -0.2) is 18.1 Å². The Balaban J connectivity index is 0.00000341. The summed E-state index contributed by atoms with van der Waals surface area (Å²) in [4.78, 5) is 7.40. The second-order valence-electron chi connectivity index (χ2n) is 7.64. The fraction of sp³-hybridized carbons (Fsp3) is 0.435. The third kappa shape index (κ3) is 7.47. The van der Waals surface area contributed by atoms with Gasteiger partial charge in [0.2, 0.25) is 10.0 Å². The molecular formula is C23H33IN4O2S. The van der Waals surface area contributed by atoms with Gasteiger partial charge in [-0.1, -0.05) is 42.5 Å². The molecule has 0 saturated carbocycles. The van der Waals surface area contributed by atoms with Gasteiger partial charge in [-0.3, -0.25) is 0 Å². The number of piperidine rings is 1. The van der Waals surface area contributed by atoms with Crippen molar-refractivity contribution >= 4 is 40.0 Å². The molecule has 170 valence electrons. The highest BCUT2D eigenvalue weighted by molar-refractivity contribution is 14.0. The Kier molecular flexibility index (Phi) is 10.2. The molecule has 2 N–H and O–H groups in total. The van der Waals surface area contributed by atoms with Gasteiger partial charge in [-0.05, 0) is 62.4 Å². The summed E-state index contributed by atoms with van der Waals surface area (Å²) in [5.74, 6) is 1.65. The Bertz CT molecular complexity index is 926. The van der Waals surface area contributed by atoms with Gasteiger partial charge in [0.25, 0.3) is 0 Å². The van der Waals surface area contributed by atoms with Crippen LogP contribution in [-0.2, 0) is 23.0 Å². The molecule has 0 bridgehead atoms. The Hall–Kier alpha value is -1.65. The van der Waals surface area contributed by atoms with Crippen LogP contribution < -0.4 is 10.0 Å². The van der Waals surface area contributed by atoms with E-state index in [-0.39, 0.29) is 28.9 Å². The van der Waals surface area contributed by atoms with Crippen molar-refractivity contribution < 1.29 is 8.42 Å². The molecule has 2 aromatic rings. The summed E-state index contributed by atoms with van der Waals surface area (Å²) >= 11 is 0. The third-order valence-corrected chi connectivity index (χ3v) is 6.96. The van der Waals surface area contributed by atoms with Gasteiger partial charge in [-0.15, -0.1) is 24.0 Å². The van der Waals surface area contributed by atoms with Gasteiger partial charge < -0.3 is 10.2 Å². The van der Waals surface area contributed by atoms with E-state index >= 15 is 0 Å². The van der Waals surface area contributed by atoms with E-state index in [1.165, 1.54) is 12.6 Å². The molecule has 1 aliphatic rings. The molecule has 0 amide bonds. The third-order valence-electron chi connectivity index (χ3n) is 5.53. The molecule has 3 rings (SSSR count). The predicted octanol–water partition coefficient (Wildman–Crippen LogP) is 3.63. The van der Waals surface area contributed by atoms with Gasteiger partial charge in [0.15, 0.2) is 5.96 Å². The summed E-state index contributed by atoms with van der Waals surface area (Å²) in [6.45, 7) is 5.43. The smallest absolute Gasteiger partial charge is 0.240 e. The maximum absolute atomic E-state index is 11.9. The normalized spacial score (nSPS) is 15.4. The second-order valence-corrected chi connectivity index (χ2v) is 9.53. The molecule has 8 heteroatoms. The molecule has 1 aliphatic heterocycles. The monoisotopic (exact) mass is 556 g/mol. The van der Waals surface area contributed by atoms with E-state index in [0.717, 1.165) is 50.4 Å². The number of rotatable bonds is 7. The molecule has 0 radical (unpaired) electrons. The van der Waals surface area contributed by atoms with E-state index in [1.54, 1.807) is 12.1 Å². The van der Waals surface area contributed by atoms with Gasteiger partial charge >= 0.3 is 0 Å². The van der Waals surface area contributed by atoms with Crippen LogP contribution in [0, 0.1) is 5.92 Å². The summed E-state index contributed by atoms with van der Waals surface area (Å²) in [5.41, 5.74) is 2.40. The minimum absolute atomic E-state index is 0. The second kappa shape index (κ2) is 12.4. The highest BCUT2D eigenvalue weighted by atomic mass is 127.